The molecule has 2 bridgehead atoms. The molecular formula is C27H26N4O2. The van der Waals surface area contributed by atoms with Crippen LogP contribution in [0.25, 0.3) is 5.69 Å². The van der Waals surface area contributed by atoms with Crippen LogP contribution in [0.4, 0.5) is 0 Å². The number of nitrogens with zero attached hydrogens (tertiary/aromatic N) is 4. The monoisotopic (exact) mass is 438 g/mol. The maximum Gasteiger partial charge on any atom is 0.352 e. The summed E-state index contributed by atoms with van der Waals surface area (Å²) in [5.41, 5.74) is 2.31. The van der Waals surface area contributed by atoms with Crippen LogP contribution in [0.2, 0.25) is 0 Å². The first kappa shape index (κ1) is 17.6. The van der Waals surface area contributed by atoms with Gasteiger partial charge in [0, 0.05) is 17.4 Å². The van der Waals surface area contributed by atoms with Crippen molar-refractivity contribution in [2.45, 2.75) is 31.5 Å². The molecule has 2 aromatic carbocycles. The van der Waals surface area contributed by atoms with E-state index in [2.05, 4.69) is 35.2 Å². The van der Waals surface area contributed by atoms with E-state index in [0.29, 0.717) is 17.5 Å². The highest BCUT2D eigenvalue weighted by atomic mass is 16.2. The van der Waals surface area contributed by atoms with Crippen molar-refractivity contribution in [3.63, 3.8) is 0 Å². The predicted octanol–water partition coefficient (Wildman–Crippen LogP) is 2.68. The molecule has 5 fully saturated rings. The van der Waals surface area contributed by atoms with E-state index in [1.807, 2.05) is 39.7 Å². The lowest BCUT2D eigenvalue weighted by Gasteiger charge is -2.47. The van der Waals surface area contributed by atoms with E-state index < -0.39 is 0 Å². The second kappa shape index (κ2) is 5.27. The molecule has 2 unspecified atom stereocenters. The molecule has 6 heteroatoms. The molecule has 10 rings (SSSR count). The van der Waals surface area contributed by atoms with E-state index in [4.69, 9.17) is 0 Å². The molecule has 3 aromatic rings. The van der Waals surface area contributed by atoms with Crippen LogP contribution in [0, 0.1) is 34.5 Å². The number of hydrogen-bond acceptors (Lipinski definition) is 3. The second-order valence-electron chi connectivity index (χ2n) is 11.4. The van der Waals surface area contributed by atoms with Crippen molar-refractivity contribution in [1.29, 1.82) is 0 Å². The number of para-hydroxylation sites is 1. The standard InChI is InChI=1S/C27H26N4O2/c32-24-29(17-9-5-2-6-10-17)25(33)31-23-20-18-19(20)22(30(24)31)26-11-13-28(14-12-27(23,26)21(18)26)15-16-7-3-1-4-8-16/h1-10,18-23H,11-15H2/t18?,19-,20-,21?,22-,23-,26-,27+/m0/s1. The Bertz CT molecular complexity index is 1390. The van der Waals surface area contributed by atoms with E-state index >= 15 is 0 Å². The van der Waals surface area contributed by atoms with Crippen LogP contribution in [0.15, 0.2) is 70.3 Å². The van der Waals surface area contributed by atoms with Crippen molar-refractivity contribution in [2.24, 2.45) is 34.5 Å². The van der Waals surface area contributed by atoms with Crippen LogP contribution in [0.3, 0.4) is 0 Å². The summed E-state index contributed by atoms with van der Waals surface area (Å²) in [6.07, 6.45) is 2.34. The zero-order valence-electron chi connectivity index (χ0n) is 18.4. The first-order valence-electron chi connectivity index (χ1n) is 12.5. The van der Waals surface area contributed by atoms with Crippen LogP contribution in [-0.4, -0.2) is 31.9 Å². The van der Waals surface area contributed by atoms with Gasteiger partial charge in [0.1, 0.15) is 0 Å². The highest BCUT2D eigenvalue weighted by molar-refractivity contribution is 5.49. The molecule has 166 valence electrons. The topological polar surface area (TPSA) is 52.2 Å². The predicted molar refractivity (Wildman–Crippen MR) is 122 cm³/mol. The smallest absolute Gasteiger partial charge is 0.299 e. The van der Waals surface area contributed by atoms with Crippen molar-refractivity contribution in [2.75, 3.05) is 13.1 Å². The fraction of sp³-hybridized carbons (Fsp3) is 0.481. The fourth-order valence-electron chi connectivity index (χ4n) is 10.1. The molecule has 4 heterocycles. The Hall–Kier alpha value is -2.86. The fourth-order valence-corrected chi connectivity index (χ4v) is 10.1. The highest BCUT2D eigenvalue weighted by Gasteiger charge is 3.02. The van der Waals surface area contributed by atoms with Crippen molar-refractivity contribution >= 4 is 0 Å². The Morgan fingerprint density at radius 1 is 0.727 bits per heavy atom. The molecule has 0 amide bonds. The van der Waals surface area contributed by atoms with Crippen molar-refractivity contribution < 1.29 is 0 Å². The van der Waals surface area contributed by atoms with Crippen molar-refractivity contribution in [3.05, 3.63) is 87.2 Å². The molecule has 8 atom stereocenters. The Labute approximate surface area is 191 Å². The van der Waals surface area contributed by atoms with Crippen molar-refractivity contribution in [3.8, 4) is 5.69 Å². The Morgan fingerprint density at radius 3 is 1.85 bits per heavy atom. The lowest BCUT2D eigenvalue weighted by molar-refractivity contribution is -0.00192. The summed E-state index contributed by atoms with van der Waals surface area (Å²) in [6, 6.07) is 20.7. The van der Waals surface area contributed by atoms with Gasteiger partial charge in [0.05, 0.1) is 17.8 Å². The molecule has 2 spiro atoms. The summed E-state index contributed by atoms with van der Waals surface area (Å²) >= 11 is 0. The van der Waals surface area contributed by atoms with Gasteiger partial charge in [0.2, 0.25) is 0 Å². The van der Waals surface area contributed by atoms with Gasteiger partial charge in [0.15, 0.2) is 0 Å². The lowest BCUT2D eigenvalue weighted by Crippen LogP contribution is -2.52. The molecule has 7 aliphatic rings. The quantitative estimate of drug-likeness (QED) is 0.632. The van der Waals surface area contributed by atoms with Gasteiger partial charge in [0.25, 0.3) is 0 Å². The average molecular weight is 439 g/mol. The van der Waals surface area contributed by atoms with E-state index in [0.717, 1.165) is 31.5 Å². The van der Waals surface area contributed by atoms with Crippen LogP contribution in [0.1, 0.15) is 30.5 Å². The van der Waals surface area contributed by atoms with E-state index in [1.165, 1.54) is 23.0 Å². The maximum atomic E-state index is 13.7. The third-order valence-corrected chi connectivity index (χ3v) is 10.7. The number of aromatic nitrogens is 3. The summed E-state index contributed by atoms with van der Waals surface area (Å²) in [5, 5.41) is 0. The Morgan fingerprint density at radius 2 is 1.27 bits per heavy atom. The van der Waals surface area contributed by atoms with Crippen LogP contribution in [-0.2, 0) is 6.54 Å². The van der Waals surface area contributed by atoms with Gasteiger partial charge in [-0.1, -0.05) is 48.5 Å². The zero-order chi connectivity index (χ0) is 21.7. The van der Waals surface area contributed by atoms with Crippen LogP contribution >= 0.6 is 0 Å². The first-order valence-corrected chi connectivity index (χ1v) is 12.5. The van der Waals surface area contributed by atoms with Gasteiger partial charge in [-0.3, -0.25) is 4.90 Å². The van der Waals surface area contributed by atoms with Gasteiger partial charge in [-0.2, -0.15) is 0 Å². The Balaban J connectivity index is 1.16. The average Bonchev–Trinajstić information content (AvgIpc) is 3.62. The zero-order valence-corrected chi connectivity index (χ0v) is 18.4. The molecule has 4 aliphatic carbocycles. The second-order valence-corrected chi connectivity index (χ2v) is 11.4. The summed E-state index contributed by atoms with van der Waals surface area (Å²) in [7, 11) is 0. The molecule has 33 heavy (non-hydrogen) atoms. The molecule has 1 aromatic heterocycles. The third-order valence-electron chi connectivity index (χ3n) is 10.7. The van der Waals surface area contributed by atoms with Gasteiger partial charge < -0.3 is 0 Å². The molecule has 4 saturated carbocycles. The summed E-state index contributed by atoms with van der Waals surface area (Å²) in [5.74, 6) is 2.76. The maximum absolute atomic E-state index is 13.7. The molecule has 0 radical (unpaired) electrons. The highest BCUT2D eigenvalue weighted by Crippen LogP contribution is 3.03. The van der Waals surface area contributed by atoms with Gasteiger partial charge in [-0.05, 0) is 67.3 Å². The first-order chi connectivity index (χ1) is 16.2. The minimum Gasteiger partial charge on any atom is -0.299 e. The summed E-state index contributed by atoms with van der Waals surface area (Å²) in [6.45, 7) is 3.19. The van der Waals surface area contributed by atoms with Crippen LogP contribution in [0.5, 0.6) is 0 Å². The van der Waals surface area contributed by atoms with Gasteiger partial charge in [-0.15, -0.1) is 0 Å². The van der Waals surface area contributed by atoms with E-state index in [-0.39, 0.29) is 34.3 Å². The minimum atomic E-state index is -0.119. The minimum absolute atomic E-state index is 0.119. The van der Waals surface area contributed by atoms with E-state index in [1.54, 1.807) is 0 Å². The van der Waals surface area contributed by atoms with Gasteiger partial charge in [-0.25, -0.2) is 23.5 Å². The molecule has 3 aliphatic heterocycles. The molecular weight excluding hydrogens is 412 g/mol. The number of likely N-dealkylation sites (tertiary alicyclic amines) is 1. The third kappa shape index (κ3) is 1.65. The number of rotatable bonds is 3. The summed E-state index contributed by atoms with van der Waals surface area (Å²) in [4.78, 5) is 30.0. The van der Waals surface area contributed by atoms with Crippen molar-refractivity contribution in [1.82, 2.24) is 18.8 Å². The molecule has 6 nitrogen and oxygen atoms in total. The largest absolute Gasteiger partial charge is 0.352 e. The Kier molecular flexibility index (Phi) is 2.81. The van der Waals surface area contributed by atoms with Crippen LogP contribution < -0.4 is 11.4 Å². The SMILES string of the molecule is O=c1n(-c2ccccc2)c(=O)n2n1[C@H]1[C@H]3C4C5[C@@]16CCN(Cc1ccccc1)CC[C@]56[C@@H]2[C@@H]43. The number of benzene rings is 2. The lowest BCUT2D eigenvalue weighted by atomic mass is 9.69. The normalized spacial score (nSPS) is 42.5. The number of hydrogen-bond donors (Lipinski definition) is 0. The van der Waals surface area contributed by atoms with Gasteiger partial charge >= 0.3 is 11.4 Å². The summed E-state index contributed by atoms with van der Waals surface area (Å²) < 4.78 is 5.32. The van der Waals surface area contributed by atoms with E-state index in [9.17, 15) is 9.59 Å². The molecule has 0 N–H and O–H groups in total. The molecule has 1 saturated heterocycles.